The summed E-state index contributed by atoms with van der Waals surface area (Å²) in [6.45, 7) is 2.57. The second-order valence-electron chi connectivity index (χ2n) is 4.93. The zero-order valence-electron chi connectivity index (χ0n) is 10.9. The van der Waals surface area contributed by atoms with Crippen LogP contribution in [0.15, 0.2) is 24.3 Å². The van der Waals surface area contributed by atoms with Crippen molar-refractivity contribution in [3.8, 4) is 0 Å². The Kier molecular flexibility index (Phi) is 4.47. The van der Waals surface area contributed by atoms with Crippen molar-refractivity contribution in [1.29, 1.82) is 0 Å². The van der Waals surface area contributed by atoms with Crippen LogP contribution in [0.2, 0.25) is 0 Å². The van der Waals surface area contributed by atoms with Gasteiger partial charge in [0.25, 0.3) is 0 Å². The summed E-state index contributed by atoms with van der Waals surface area (Å²) in [7, 11) is 0. The van der Waals surface area contributed by atoms with Crippen molar-refractivity contribution in [3.63, 3.8) is 0 Å². The van der Waals surface area contributed by atoms with Crippen molar-refractivity contribution in [3.05, 3.63) is 35.4 Å². The zero-order valence-corrected chi connectivity index (χ0v) is 12.6. The van der Waals surface area contributed by atoms with Crippen LogP contribution in [0.4, 0.5) is 0 Å². The summed E-state index contributed by atoms with van der Waals surface area (Å²) >= 11 is 6.65. The van der Waals surface area contributed by atoms with E-state index in [1.807, 2.05) is 31.2 Å². The summed E-state index contributed by atoms with van der Waals surface area (Å²) in [5.41, 5.74) is 7.45. The predicted molar refractivity (Wildman–Crippen MR) is 84.3 cm³/mol. The van der Waals surface area contributed by atoms with E-state index in [2.05, 4.69) is 5.32 Å². The maximum Gasteiger partial charge on any atom is 0.236 e. The number of thiocarbonyl (C=S) groups is 1. The molecular weight excluding hydrogens is 276 g/mol. The van der Waals surface area contributed by atoms with Crippen LogP contribution in [0.3, 0.4) is 0 Å². The third-order valence-electron chi connectivity index (χ3n) is 3.39. The van der Waals surface area contributed by atoms with E-state index < -0.39 is 0 Å². The minimum Gasteiger partial charge on any atom is -0.389 e. The lowest BCUT2D eigenvalue weighted by molar-refractivity contribution is -0.123. The van der Waals surface area contributed by atoms with Crippen LogP contribution in [0.5, 0.6) is 0 Å². The number of carbonyl (C=O) groups excluding carboxylic acids is 1. The van der Waals surface area contributed by atoms with Gasteiger partial charge in [0.2, 0.25) is 5.91 Å². The van der Waals surface area contributed by atoms with Crippen LogP contribution in [-0.2, 0) is 11.3 Å². The van der Waals surface area contributed by atoms with Gasteiger partial charge in [-0.15, -0.1) is 11.8 Å². The molecule has 0 bridgehead atoms. The number of rotatable bonds is 4. The van der Waals surface area contributed by atoms with Crippen molar-refractivity contribution >= 4 is 34.9 Å². The van der Waals surface area contributed by atoms with Crippen LogP contribution in [0, 0.1) is 0 Å². The van der Waals surface area contributed by atoms with E-state index in [0.717, 1.165) is 29.7 Å². The third-order valence-corrected chi connectivity index (χ3v) is 5.15. The first-order valence-electron chi connectivity index (χ1n) is 6.32. The highest BCUT2D eigenvalue weighted by Gasteiger charge is 2.36. The van der Waals surface area contributed by atoms with Gasteiger partial charge in [-0.2, -0.15) is 0 Å². The number of carbonyl (C=O) groups is 1. The lowest BCUT2D eigenvalue weighted by atomic mass is 10.0. The molecule has 1 saturated heterocycles. The molecule has 0 aromatic heterocycles. The van der Waals surface area contributed by atoms with Gasteiger partial charge in [-0.3, -0.25) is 4.79 Å². The van der Waals surface area contributed by atoms with Crippen LogP contribution in [-0.4, -0.2) is 21.4 Å². The number of hydrogen-bond donors (Lipinski definition) is 2. The summed E-state index contributed by atoms with van der Waals surface area (Å²) < 4.78 is -0.251. The second kappa shape index (κ2) is 5.92. The molecule has 0 aliphatic carbocycles. The minimum absolute atomic E-state index is 0.133. The molecule has 19 heavy (non-hydrogen) atoms. The van der Waals surface area contributed by atoms with Gasteiger partial charge in [0.1, 0.15) is 4.99 Å². The smallest absolute Gasteiger partial charge is 0.236 e. The topological polar surface area (TPSA) is 55.1 Å². The maximum absolute atomic E-state index is 12.1. The Balaban J connectivity index is 1.91. The molecule has 2 rings (SSSR count). The van der Waals surface area contributed by atoms with Gasteiger partial charge in [-0.25, -0.2) is 0 Å². The quantitative estimate of drug-likeness (QED) is 0.836. The zero-order chi connectivity index (χ0) is 13.9. The highest BCUT2D eigenvalue weighted by molar-refractivity contribution is 8.01. The molecule has 3 nitrogen and oxygen atoms in total. The van der Waals surface area contributed by atoms with Gasteiger partial charge < -0.3 is 11.1 Å². The average molecular weight is 294 g/mol. The van der Waals surface area contributed by atoms with Gasteiger partial charge in [0.05, 0.1) is 4.75 Å². The SMILES string of the molecule is CC1(C(=O)NCc2ccc(C(N)=S)cc2)CCCS1. The van der Waals surface area contributed by atoms with Crippen LogP contribution >= 0.6 is 24.0 Å². The molecule has 1 aromatic rings. The molecule has 102 valence electrons. The van der Waals surface area contributed by atoms with Crippen molar-refractivity contribution < 1.29 is 4.79 Å². The molecule has 5 heteroatoms. The Morgan fingerprint density at radius 2 is 2.16 bits per heavy atom. The predicted octanol–water partition coefficient (Wildman–Crippen LogP) is 2.22. The fourth-order valence-corrected chi connectivity index (χ4v) is 3.48. The van der Waals surface area contributed by atoms with Crippen molar-refractivity contribution in [2.75, 3.05) is 5.75 Å². The first kappa shape index (κ1) is 14.3. The fraction of sp³-hybridized carbons (Fsp3) is 0.429. The summed E-state index contributed by atoms with van der Waals surface area (Å²) in [6, 6.07) is 7.66. The van der Waals surface area contributed by atoms with E-state index in [4.69, 9.17) is 18.0 Å². The van der Waals surface area contributed by atoms with E-state index in [-0.39, 0.29) is 10.7 Å². The van der Waals surface area contributed by atoms with Gasteiger partial charge in [-0.05, 0) is 31.1 Å². The standard InChI is InChI=1S/C14H18N2OS2/c1-14(7-2-8-19-14)13(17)16-9-10-3-5-11(6-4-10)12(15)18/h3-6H,2,7-9H2,1H3,(H2,15,18)(H,16,17). The third kappa shape index (κ3) is 3.48. The first-order chi connectivity index (χ1) is 9.01. The Hall–Kier alpha value is -1.07. The summed E-state index contributed by atoms with van der Waals surface area (Å²) in [5.74, 6) is 1.21. The van der Waals surface area contributed by atoms with E-state index >= 15 is 0 Å². The molecule has 1 atom stereocenters. The lowest BCUT2D eigenvalue weighted by Gasteiger charge is -2.21. The fourth-order valence-electron chi connectivity index (χ4n) is 2.11. The van der Waals surface area contributed by atoms with E-state index in [1.54, 1.807) is 11.8 Å². The maximum atomic E-state index is 12.1. The molecule has 3 N–H and O–H groups in total. The summed E-state index contributed by atoms with van der Waals surface area (Å²) in [6.07, 6.45) is 2.08. The molecule has 0 saturated carbocycles. The molecule has 0 spiro atoms. The van der Waals surface area contributed by atoms with Gasteiger partial charge in [0.15, 0.2) is 0 Å². The molecule has 0 radical (unpaired) electrons. The highest BCUT2D eigenvalue weighted by Crippen LogP contribution is 2.37. The Morgan fingerprint density at radius 3 is 2.68 bits per heavy atom. The number of hydrogen-bond acceptors (Lipinski definition) is 3. The second-order valence-corrected chi connectivity index (χ2v) is 6.96. The summed E-state index contributed by atoms with van der Waals surface area (Å²) in [5, 5.41) is 3.01. The van der Waals surface area contributed by atoms with E-state index in [0.29, 0.717) is 11.5 Å². The molecule has 1 heterocycles. The minimum atomic E-state index is -0.251. The highest BCUT2D eigenvalue weighted by atomic mass is 32.2. The van der Waals surface area contributed by atoms with Crippen LogP contribution in [0.1, 0.15) is 30.9 Å². The van der Waals surface area contributed by atoms with Crippen LogP contribution in [0.25, 0.3) is 0 Å². The number of thioether (sulfide) groups is 1. The molecule has 1 fully saturated rings. The van der Waals surface area contributed by atoms with Crippen LogP contribution < -0.4 is 11.1 Å². The van der Waals surface area contributed by atoms with Gasteiger partial charge in [-0.1, -0.05) is 36.5 Å². The van der Waals surface area contributed by atoms with E-state index in [1.165, 1.54) is 0 Å². The molecule has 1 aliphatic rings. The number of benzene rings is 1. The molecule has 1 unspecified atom stereocenters. The largest absolute Gasteiger partial charge is 0.389 e. The monoisotopic (exact) mass is 294 g/mol. The number of amides is 1. The Bertz CT molecular complexity index is 479. The van der Waals surface area contributed by atoms with Gasteiger partial charge >= 0.3 is 0 Å². The summed E-state index contributed by atoms with van der Waals surface area (Å²) in [4.78, 5) is 12.5. The Labute approximate surface area is 123 Å². The Morgan fingerprint density at radius 1 is 1.47 bits per heavy atom. The average Bonchev–Trinajstić information content (AvgIpc) is 2.84. The van der Waals surface area contributed by atoms with Crippen molar-refractivity contribution in [2.45, 2.75) is 31.1 Å². The van der Waals surface area contributed by atoms with Gasteiger partial charge in [0, 0.05) is 12.1 Å². The number of nitrogens with one attached hydrogen (secondary N) is 1. The molecule has 1 amide bonds. The van der Waals surface area contributed by atoms with E-state index in [9.17, 15) is 4.79 Å². The molecular formula is C14H18N2OS2. The normalized spacial score (nSPS) is 22.2. The lowest BCUT2D eigenvalue weighted by Crippen LogP contribution is -2.39. The first-order valence-corrected chi connectivity index (χ1v) is 7.72. The number of nitrogens with two attached hydrogens (primary N) is 1. The molecule has 1 aliphatic heterocycles. The van der Waals surface area contributed by atoms with Crippen molar-refractivity contribution in [2.24, 2.45) is 5.73 Å². The van der Waals surface area contributed by atoms with Crippen molar-refractivity contribution in [1.82, 2.24) is 5.32 Å². The molecule has 1 aromatic carbocycles.